The molecule has 1 saturated carbocycles. The quantitative estimate of drug-likeness (QED) is 0.924. The molecule has 1 aliphatic carbocycles. The van der Waals surface area contributed by atoms with Crippen molar-refractivity contribution in [1.82, 2.24) is 4.90 Å². The average molecular weight is 327 g/mol. The molecular weight excluding hydrogens is 307 g/mol. The van der Waals surface area contributed by atoms with Crippen molar-refractivity contribution < 1.29 is 4.79 Å². The standard InChI is InChI=1S/C16H20Cl2N2O/c17-11-5-10(6-12(18)7-11)14-8-15(14)16(21)20-4-2-1-3-13(20)9-19/h5-7,13-15H,1-4,8-9,19H2. The zero-order valence-corrected chi connectivity index (χ0v) is 13.4. The van der Waals surface area contributed by atoms with Gasteiger partial charge in [0.2, 0.25) is 5.91 Å². The van der Waals surface area contributed by atoms with Gasteiger partial charge in [-0.05, 0) is 55.4 Å². The van der Waals surface area contributed by atoms with Gasteiger partial charge in [-0.15, -0.1) is 0 Å². The monoisotopic (exact) mass is 326 g/mol. The third kappa shape index (κ3) is 3.20. The summed E-state index contributed by atoms with van der Waals surface area (Å²) in [5.41, 5.74) is 6.88. The SMILES string of the molecule is NCC1CCCCN1C(=O)C1CC1c1cc(Cl)cc(Cl)c1. The van der Waals surface area contributed by atoms with Crippen LogP contribution in [0.5, 0.6) is 0 Å². The van der Waals surface area contributed by atoms with Crippen molar-refractivity contribution in [2.45, 2.75) is 37.6 Å². The van der Waals surface area contributed by atoms with E-state index in [0.717, 1.165) is 31.4 Å². The second kappa shape index (κ2) is 6.15. The van der Waals surface area contributed by atoms with E-state index in [-0.39, 0.29) is 23.8 Å². The van der Waals surface area contributed by atoms with Gasteiger partial charge in [-0.1, -0.05) is 23.2 Å². The molecule has 3 atom stereocenters. The van der Waals surface area contributed by atoms with Crippen LogP contribution in [-0.2, 0) is 4.79 Å². The number of likely N-dealkylation sites (tertiary alicyclic amines) is 1. The molecule has 1 aromatic carbocycles. The van der Waals surface area contributed by atoms with E-state index in [4.69, 9.17) is 28.9 Å². The summed E-state index contributed by atoms with van der Waals surface area (Å²) in [6.07, 6.45) is 4.18. The molecule has 2 fully saturated rings. The lowest BCUT2D eigenvalue weighted by molar-refractivity contribution is -0.136. The van der Waals surface area contributed by atoms with Gasteiger partial charge in [0.25, 0.3) is 0 Å². The molecule has 0 radical (unpaired) electrons. The first-order chi connectivity index (χ1) is 10.1. The number of benzene rings is 1. The maximum Gasteiger partial charge on any atom is 0.226 e. The largest absolute Gasteiger partial charge is 0.338 e. The molecule has 1 aliphatic heterocycles. The van der Waals surface area contributed by atoms with E-state index in [0.29, 0.717) is 16.6 Å². The van der Waals surface area contributed by atoms with Crippen molar-refractivity contribution in [3.8, 4) is 0 Å². The summed E-state index contributed by atoms with van der Waals surface area (Å²) in [4.78, 5) is 14.7. The van der Waals surface area contributed by atoms with Crippen molar-refractivity contribution in [2.75, 3.05) is 13.1 Å². The van der Waals surface area contributed by atoms with Crippen LogP contribution in [0.15, 0.2) is 18.2 Å². The molecule has 2 N–H and O–H groups in total. The molecule has 1 heterocycles. The molecular formula is C16H20Cl2N2O. The Morgan fingerprint density at radius 2 is 1.95 bits per heavy atom. The molecule has 5 heteroatoms. The smallest absolute Gasteiger partial charge is 0.226 e. The number of carbonyl (C=O) groups is 1. The normalized spacial score (nSPS) is 28.5. The number of hydrogen-bond acceptors (Lipinski definition) is 2. The third-order valence-corrected chi connectivity index (χ3v) is 5.04. The first-order valence-corrected chi connectivity index (χ1v) is 8.32. The summed E-state index contributed by atoms with van der Waals surface area (Å²) in [5, 5.41) is 1.27. The van der Waals surface area contributed by atoms with Crippen molar-refractivity contribution in [1.29, 1.82) is 0 Å². The topological polar surface area (TPSA) is 46.3 Å². The molecule has 1 amide bonds. The van der Waals surface area contributed by atoms with E-state index >= 15 is 0 Å². The predicted octanol–water partition coefficient (Wildman–Crippen LogP) is 3.44. The van der Waals surface area contributed by atoms with Gasteiger partial charge in [-0.3, -0.25) is 4.79 Å². The fourth-order valence-corrected chi connectivity index (χ4v) is 3.92. The maximum absolute atomic E-state index is 12.7. The molecule has 3 rings (SSSR count). The molecule has 2 aliphatic rings. The number of hydrogen-bond donors (Lipinski definition) is 1. The predicted molar refractivity (Wildman–Crippen MR) is 85.7 cm³/mol. The van der Waals surface area contributed by atoms with Crippen molar-refractivity contribution in [2.24, 2.45) is 11.7 Å². The van der Waals surface area contributed by atoms with Gasteiger partial charge in [-0.25, -0.2) is 0 Å². The highest BCUT2D eigenvalue weighted by Gasteiger charge is 2.47. The second-order valence-corrected chi connectivity index (χ2v) is 6.94. The first-order valence-electron chi connectivity index (χ1n) is 7.56. The van der Waals surface area contributed by atoms with Crippen LogP contribution < -0.4 is 5.73 Å². The highest BCUT2D eigenvalue weighted by atomic mass is 35.5. The minimum atomic E-state index is 0.0756. The van der Waals surface area contributed by atoms with Crippen LogP contribution in [-0.4, -0.2) is 29.9 Å². The van der Waals surface area contributed by atoms with Gasteiger partial charge >= 0.3 is 0 Å². The Hall–Kier alpha value is -0.770. The van der Waals surface area contributed by atoms with Crippen LogP contribution in [0.4, 0.5) is 0 Å². The Kier molecular flexibility index (Phi) is 4.43. The maximum atomic E-state index is 12.7. The Morgan fingerprint density at radius 1 is 1.24 bits per heavy atom. The van der Waals surface area contributed by atoms with E-state index in [1.54, 1.807) is 6.07 Å². The van der Waals surface area contributed by atoms with Gasteiger partial charge in [0.15, 0.2) is 0 Å². The van der Waals surface area contributed by atoms with E-state index < -0.39 is 0 Å². The van der Waals surface area contributed by atoms with Gasteiger partial charge in [0, 0.05) is 35.1 Å². The summed E-state index contributed by atoms with van der Waals surface area (Å²) in [5.74, 6) is 0.590. The third-order valence-electron chi connectivity index (χ3n) is 4.60. The molecule has 0 bridgehead atoms. The molecule has 1 aromatic rings. The van der Waals surface area contributed by atoms with E-state index in [1.165, 1.54) is 6.42 Å². The van der Waals surface area contributed by atoms with Gasteiger partial charge in [0.05, 0.1) is 0 Å². The number of carbonyl (C=O) groups excluding carboxylic acids is 1. The van der Waals surface area contributed by atoms with Gasteiger partial charge < -0.3 is 10.6 Å². The molecule has 3 unspecified atom stereocenters. The Balaban J connectivity index is 1.70. The number of rotatable bonds is 3. The van der Waals surface area contributed by atoms with Crippen LogP contribution in [0, 0.1) is 5.92 Å². The second-order valence-electron chi connectivity index (χ2n) is 6.07. The van der Waals surface area contributed by atoms with E-state index in [1.807, 2.05) is 17.0 Å². The molecule has 0 spiro atoms. The van der Waals surface area contributed by atoms with Crippen LogP contribution in [0.3, 0.4) is 0 Å². The minimum Gasteiger partial charge on any atom is -0.338 e. The number of amides is 1. The van der Waals surface area contributed by atoms with Crippen molar-refractivity contribution in [3.05, 3.63) is 33.8 Å². The van der Waals surface area contributed by atoms with Gasteiger partial charge in [0.1, 0.15) is 0 Å². The number of nitrogens with two attached hydrogens (primary N) is 1. The average Bonchev–Trinajstić information content (AvgIpc) is 3.26. The summed E-state index contributed by atoms with van der Waals surface area (Å²) < 4.78 is 0. The summed E-state index contributed by atoms with van der Waals surface area (Å²) >= 11 is 12.1. The molecule has 114 valence electrons. The number of piperidine rings is 1. The Morgan fingerprint density at radius 3 is 2.62 bits per heavy atom. The lowest BCUT2D eigenvalue weighted by atomic mass is 10.0. The van der Waals surface area contributed by atoms with Crippen LogP contribution in [0.1, 0.15) is 37.2 Å². The molecule has 21 heavy (non-hydrogen) atoms. The zero-order valence-electron chi connectivity index (χ0n) is 11.9. The Bertz CT molecular complexity index is 529. The van der Waals surface area contributed by atoms with Crippen LogP contribution in [0.2, 0.25) is 10.0 Å². The van der Waals surface area contributed by atoms with E-state index in [9.17, 15) is 4.79 Å². The minimum absolute atomic E-state index is 0.0756. The number of nitrogens with zero attached hydrogens (tertiary/aromatic N) is 1. The lowest BCUT2D eigenvalue weighted by Crippen LogP contribution is -2.48. The molecule has 3 nitrogen and oxygen atoms in total. The molecule has 0 aromatic heterocycles. The lowest BCUT2D eigenvalue weighted by Gasteiger charge is -2.35. The summed E-state index contributed by atoms with van der Waals surface area (Å²) in [6.45, 7) is 1.41. The highest BCUT2D eigenvalue weighted by Crippen LogP contribution is 2.49. The number of halogens is 2. The summed E-state index contributed by atoms with van der Waals surface area (Å²) in [7, 11) is 0. The highest BCUT2D eigenvalue weighted by molar-refractivity contribution is 6.34. The Labute approximate surface area is 135 Å². The fourth-order valence-electron chi connectivity index (χ4n) is 3.37. The van der Waals surface area contributed by atoms with Crippen molar-refractivity contribution in [3.63, 3.8) is 0 Å². The van der Waals surface area contributed by atoms with Gasteiger partial charge in [-0.2, -0.15) is 0 Å². The zero-order chi connectivity index (χ0) is 15.0. The summed E-state index contributed by atoms with van der Waals surface area (Å²) in [6, 6.07) is 5.78. The first kappa shape index (κ1) is 15.1. The van der Waals surface area contributed by atoms with Crippen molar-refractivity contribution >= 4 is 29.1 Å². The van der Waals surface area contributed by atoms with Crippen LogP contribution in [0.25, 0.3) is 0 Å². The molecule has 1 saturated heterocycles. The van der Waals surface area contributed by atoms with Crippen LogP contribution >= 0.6 is 23.2 Å². The fraction of sp³-hybridized carbons (Fsp3) is 0.562. The van der Waals surface area contributed by atoms with E-state index in [2.05, 4.69) is 0 Å².